The molecular formula is C10H21AlO. The van der Waals surface area contributed by atoms with E-state index in [1.807, 2.05) is 0 Å². The van der Waals surface area contributed by atoms with Gasteiger partial charge in [0.25, 0.3) is 0 Å². The van der Waals surface area contributed by atoms with Gasteiger partial charge in [-0.2, -0.15) is 0 Å². The van der Waals surface area contributed by atoms with Crippen molar-refractivity contribution in [2.75, 3.05) is 0 Å². The Balaban J connectivity index is 4.04. The summed E-state index contributed by atoms with van der Waals surface area (Å²) in [5, 5.41) is 0. The third-order valence-electron chi connectivity index (χ3n) is 1.96. The highest BCUT2D eigenvalue weighted by Crippen LogP contribution is 2.27. The van der Waals surface area contributed by atoms with Gasteiger partial charge in [-0.15, -0.1) is 0 Å². The van der Waals surface area contributed by atoms with Crippen molar-refractivity contribution in [2.45, 2.75) is 53.1 Å². The van der Waals surface area contributed by atoms with Crippen LogP contribution in [0.3, 0.4) is 0 Å². The van der Waals surface area contributed by atoms with Crippen LogP contribution in [0.15, 0.2) is 0 Å². The molecule has 0 heterocycles. The molecule has 0 saturated carbocycles. The van der Waals surface area contributed by atoms with E-state index in [0.29, 0.717) is 11.8 Å². The molecule has 0 aliphatic rings. The van der Waals surface area contributed by atoms with Gasteiger partial charge in [-0.05, 0) is 31.6 Å². The summed E-state index contributed by atoms with van der Waals surface area (Å²) in [6, 6.07) is 0. The van der Waals surface area contributed by atoms with Gasteiger partial charge in [-0.1, -0.05) is 27.7 Å². The fourth-order valence-electron chi connectivity index (χ4n) is 1.91. The van der Waals surface area contributed by atoms with Crippen molar-refractivity contribution in [1.29, 1.82) is 0 Å². The Morgan fingerprint density at radius 3 is 1.58 bits per heavy atom. The van der Waals surface area contributed by atoms with E-state index in [0.717, 1.165) is 12.8 Å². The molecule has 0 aromatic heterocycles. The first-order valence-corrected chi connectivity index (χ1v) is 5.24. The van der Waals surface area contributed by atoms with Gasteiger partial charge in [0, 0.05) is 5.60 Å². The molecule has 0 aromatic rings. The molecule has 0 rings (SSSR count). The quantitative estimate of drug-likeness (QED) is 0.597. The molecule has 0 unspecified atom stereocenters. The van der Waals surface area contributed by atoms with Crippen LogP contribution in [0.2, 0.25) is 0 Å². The zero-order chi connectivity index (χ0) is 9.78. The Morgan fingerprint density at radius 1 is 1.08 bits per heavy atom. The van der Waals surface area contributed by atoms with Crippen LogP contribution in [0.4, 0.5) is 0 Å². The molecule has 2 heteroatoms. The monoisotopic (exact) mass is 184 g/mol. The van der Waals surface area contributed by atoms with Gasteiger partial charge < -0.3 is 3.79 Å². The summed E-state index contributed by atoms with van der Waals surface area (Å²) in [4.78, 5) is 0. The maximum absolute atomic E-state index is 5.48. The fourth-order valence-corrected chi connectivity index (χ4v) is 2.10. The lowest BCUT2D eigenvalue weighted by Gasteiger charge is -2.33. The lowest BCUT2D eigenvalue weighted by molar-refractivity contribution is 0.0539. The van der Waals surface area contributed by atoms with Crippen molar-refractivity contribution in [1.82, 2.24) is 0 Å². The molecular weight excluding hydrogens is 163 g/mol. The zero-order valence-electron chi connectivity index (χ0n) is 9.05. The van der Waals surface area contributed by atoms with E-state index in [-0.39, 0.29) is 5.60 Å². The lowest BCUT2D eigenvalue weighted by Crippen LogP contribution is -2.31. The van der Waals surface area contributed by atoms with Gasteiger partial charge in [0.15, 0.2) is 0 Å². The molecule has 0 atom stereocenters. The molecule has 0 aromatic carbocycles. The molecule has 1 nitrogen and oxygen atoms in total. The lowest BCUT2D eigenvalue weighted by atomic mass is 9.87. The minimum absolute atomic E-state index is 0.0486. The fraction of sp³-hybridized carbons (Fsp3) is 1.00. The summed E-state index contributed by atoms with van der Waals surface area (Å²) in [7, 11) is 0. The number of hydrogen-bond donors (Lipinski definition) is 0. The minimum atomic E-state index is 0.0486. The van der Waals surface area contributed by atoms with Crippen molar-refractivity contribution in [2.24, 2.45) is 11.8 Å². The van der Waals surface area contributed by atoms with Crippen LogP contribution in [0, 0.1) is 11.8 Å². The third-order valence-corrected chi connectivity index (χ3v) is 2.53. The maximum atomic E-state index is 5.48. The van der Waals surface area contributed by atoms with E-state index < -0.39 is 0 Å². The van der Waals surface area contributed by atoms with E-state index in [2.05, 4.69) is 51.2 Å². The van der Waals surface area contributed by atoms with Gasteiger partial charge in [-0.3, -0.25) is 0 Å². The van der Waals surface area contributed by atoms with Crippen molar-refractivity contribution in [3.05, 3.63) is 0 Å². The predicted octanol–water partition coefficient (Wildman–Crippen LogP) is 2.94. The van der Waals surface area contributed by atoms with Crippen molar-refractivity contribution in [3.8, 4) is 0 Å². The largest absolute Gasteiger partial charge is 0.512 e. The molecule has 0 fully saturated rings. The topological polar surface area (TPSA) is 9.23 Å². The normalized spacial score (nSPS) is 12.9. The van der Waals surface area contributed by atoms with Gasteiger partial charge in [0.05, 0.1) is 0 Å². The maximum Gasteiger partial charge on any atom is 0.369 e. The van der Waals surface area contributed by atoms with Gasteiger partial charge in [0.2, 0.25) is 0 Å². The molecule has 12 heavy (non-hydrogen) atoms. The molecule has 0 amide bonds. The summed E-state index contributed by atoms with van der Waals surface area (Å²) in [6.07, 6.45) is 2.27. The standard InChI is InChI=1S/C10H21O.Al/c1-8(2)6-10(5,11)7-9(3)4;/h8-9H,6-7H2,1-5H3;/q-1;+1. The Morgan fingerprint density at radius 2 is 1.42 bits per heavy atom. The Bertz CT molecular complexity index is 111. The van der Waals surface area contributed by atoms with Crippen LogP contribution in [0.1, 0.15) is 47.5 Å². The average molecular weight is 184 g/mol. The van der Waals surface area contributed by atoms with E-state index in [1.165, 1.54) is 0 Å². The number of rotatable bonds is 5. The van der Waals surface area contributed by atoms with Crippen molar-refractivity contribution >= 4 is 16.6 Å². The second kappa shape index (κ2) is 5.27. The van der Waals surface area contributed by atoms with Crippen molar-refractivity contribution in [3.63, 3.8) is 0 Å². The molecule has 0 spiro atoms. The molecule has 2 radical (unpaired) electrons. The Kier molecular flexibility index (Phi) is 5.49. The average Bonchev–Trinajstić information content (AvgIpc) is 1.83. The van der Waals surface area contributed by atoms with Crippen LogP contribution < -0.4 is 0 Å². The molecule has 0 aliphatic heterocycles. The van der Waals surface area contributed by atoms with E-state index >= 15 is 0 Å². The highest BCUT2D eigenvalue weighted by molar-refractivity contribution is 5.98. The summed E-state index contributed by atoms with van der Waals surface area (Å²) in [5.74, 6) is 1.41. The first-order chi connectivity index (χ1) is 5.39. The van der Waals surface area contributed by atoms with Gasteiger partial charge in [-0.25, -0.2) is 0 Å². The second-order valence-corrected chi connectivity index (χ2v) is 5.00. The van der Waals surface area contributed by atoms with Crippen molar-refractivity contribution < 1.29 is 3.79 Å². The van der Waals surface area contributed by atoms with E-state index in [9.17, 15) is 0 Å². The zero-order valence-corrected chi connectivity index (χ0v) is 10.2. The molecule has 70 valence electrons. The first-order valence-electron chi connectivity index (χ1n) is 4.77. The molecule has 0 saturated heterocycles. The molecule has 0 N–H and O–H groups in total. The Hall–Kier alpha value is 0.492. The minimum Gasteiger partial charge on any atom is -0.512 e. The van der Waals surface area contributed by atoms with Crippen LogP contribution >= 0.6 is 0 Å². The smallest absolute Gasteiger partial charge is 0.369 e. The van der Waals surface area contributed by atoms with Crippen LogP contribution in [0.25, 0.3) is 0 Å². The third kappa shape index (κ3) is 5.19. The van der Waals surface area contributed by atoms with E-state index in [4.69, 9.17) is 3.79 Å². The van der Waals surface area contributed by atoms with Crippen LogP contribution in [0.5, 0.6) is 0 Å². The highest BCUT2D eigenvalue weighted by atomic mass is 27.1. The summed E-state index contributed by atoms with van der Waals surface area (Å²) < 4.78 is 5.48. The van der Waals surface area contributed by atoms with E-state index in [1.54, 1.807) is 0 Å². The summed E-state index contributed by atoms with van der Waals surface area (Å²) in [5.41, 5.74) is 0.0486. The van der Waals surface area contributed by atoms with Crippen LogP contribution in [-0.2, 0) is 3.79 Å². The molecule has 0 bridgehead atoms. The Labute approximate surface area is 85.6 Å². The molecule has 0 aliphatic carbocycles. The van der Waals surface area contributed by atoms with Crippen LogP contribution in [-0.4, -0.2) is 22.2 Å². The SMILES string of the molecule is CC(C)CC(C)(CC(C)C)[O][Al]. The first kappa shape index (κ1) is 12.5. The summed E-state index contributed by atoms with van der Waals surface area (Å²) >= 11 is 2.40. The highest BCUT2D eigenvalue weighted by Gasteiger charge is 2.23. The van der Waals surface area contributed by atoms with Gasteiger partial charge in [0.1, 0.15) is 0 Å². The predicted molar refractivity (Wildman–Crippen MR) is 54.2 cm³/mol. The second-order valence-electron chi connectivity index (χ2n) is 4.76. The number of hydrogen-bond acceptors (Lipinski definition) is 1. The van der Waals surface area contributed by atoms with Gasteiger partial charge >= 0.3 is 16.6 Å². The summed E-state index contributed by atoms with van der Waals surface area (Å²) in [6.45, 7) is 11.1.